The zero-order chi connectivity index (χ0) is 16.5. The number of pyridine rings is 1. The Morgan fingerprint density at radius 2 is 1.75 bits per heavy atom. The van der Waals surface area contributed by atoms with Gasteiger partial charge in [-0.15, -0.1) is 0 Å². The summed E-state index contributed by atoms with van der Waals surface area (Å²) in [5.41, 5.74) is 4.38. The van der Waals surface area contributed by atoms with Gasteiger partial charge in [0.2, 0.25) is 0 Å². The van der Waals surface area contributed by atoms with Crippen LogP contribution in [0.3, 0.4) is 0 Å². The topological polar surface area (TPSA) is 36.1 Å². The first-order valence-electron chi connectivity index (χ1n) is 8.65. The molecule has 0 saturated carbocycles. The Kier molecular flexibility index (Phi) is 3.95. The molecule has 1 fully saturated rings. The molecule has 2 heterocycles. The second kappa shape index (κ2) is 6.25. The van der Waals surface area contributed by atoms with Crippen LogP contribution in [0, 0.1) is 6.92 Å². The van der Waals surface area contributed by atoms with Gasteiger partial charge in [-0.25, -0.2) is 0 Å². The number of H-pyrrole nitrogens is 1. The standard InChI is InChI=1S/C21H22N2O/c1-15-5-4-6-18-19(15)13-20(22-21(18)24)17-9-7-16(8-10-17)14-23-11-2-3-12-23/h4-10,13H,2-3,11-12,14H2,1H3,(H,22,24). The maximum absolute atomic E-state index is 12.4. The smallest absolute Gasteiger partial charge is 0.256 e. The monoisotopic (exact) mass is 318 g/mol. The van der Waals surface area contributed by atoms with Crippen LogP contribution in [-0.2, 0) is 6.54 Å². The second-order valence-corrected chi connectivity index (χ2v) is 6.73. The Hall–Kier alpha value is -2.39. The van der Waals surface area contributed by atoms with Crippen molar-refractivity contribution in [2.24, 2.45) is 0 Å². The molecule has 3 nitrogen and oxygen atoms in total. The van der Waals surface area contributed by atoms with E-state index in [0.29, 0.717) is 0 Å². The van der Waals surface area contributed by atoms with Crippen molar-refractivity contribution >= 4 is 10.8 Å². The second-order valence-electron chi connectivity index (χ2n) is 6.73. The Morgan fingerprint density at radius 1 is 1.00 bits per heavy atom. The molecule has 0 atom stereocenters. The lowest BCUT2D eigenvalue weighted by molar-refractivity contribution is 0.331. The van der Waals surface area contributed by atoms with E-state index in [9.17, 15) is 4.79 Å². The highest BCUT2D eigenvalue weighted by Gasteiger charge is 2.12. The highest BCUT2D eigenvalue weighted by atomic mass is 16.1. The first-order valence-corrected chi connectivity index (χ1v) is 8.65. The van der Waals surface area contributed by atoms with E-state index >= 15 is 0 Å². The van der Waals surface area contributed by atoms with Crippen LogP contribution < -0.4 is 5.56 Å². The predicted molar refractivity (Wildman–Crippen MR) is 99.3 cm³/mol. The fraction of sp³-hybridized carbons (Fsp3) is 0.286. The number of aromatic amines is 1. The first-order chi connectivity index (χ1) is 11.7. The molecule has 1 N–H and O–H groups in total. The number of hydrogen-bond acceptors (Lipinski definition) is 2. The van der Waals surface area contributed by atoms with Crippen LogP contribution in [-0.4, -0.2) is 23.0 Å². The predicted octanol–water partition coefficient (Wildman–Crippen LogP) is 4.10. The Morgan fingerprint density at radius 3 is 2.50 bits per heavy atom. The number of nitrogens with one attached hydrogen (secondary N) is 1. The summed E-state index contributed by atoms with van der Waals surface area (Å²) in [4.78, 5) is 17.9. The molecule has 0 unspecified atom stereocenters. The summed E-state index contributed by atoms with van der Waals surface area (Å²) in [6.45, 7) is 5.48. The number of aryl methyl sites for hydroxylation is 1. The van der Waals surface area contributed by atoms with Crippen molar-refractivity contribution in [1.29, 1.82) is 0 Å². The number of rotatable bonds is 3. The molecule has 0 bridgehead atoms. The van der Waals surface area contributed by atoms with Crippen LogP contribution in [0.25, 0.3) is 22.0 Å². The first kappa shape index (κ1) is 15.2. The Bertz CT molecular complexity index is 919. The molecule has 24 heavy (non-hydrogen) atoms. The van der Waals surface area contributed by atoms with Crippen LogP contribution in [0.5, 0.6) is 0 Å². The van der Waals surface area contributed by atoms with E-state index in [1.165, 1.54) is 31.5 Å². The summed E-state index contributed by atoms with van der Waals surface area (Å²) in [5.74, 6) is 0. The molecule has 0 aliphatic carbocycles. The fourth-order valence-corrected chi connectivity index (χ4v) is 3.58. The van der Waals surface area contributed by atoms with Crippen molar-refractivity contribution < 1.29 is 0 Å². The van der Waals surface area contributed by atoms with Gasteiger partial charge in [0.25, 0.3) is 5.56 Å². The lowest BCUT2D eigenvalue weighted by atomic mass is 10.0. The Labute approximate surface area is 141 Å². The number of benzene rings is 2. The normalized spacial score (nSPS) is 15.2. The molecule has 0 radical (unpaired) electrons. The van der Waals surface area contributed by atoms with Gasteiger partial charge in [0, 0.05) is 17.6 Å². The van der Waals surface area contributed by atoms with E-state index in [2.05, 4.69) is 40.2 Å². The number of nitrogens with zero attached hydrogens (tertiary/aromatic N) is 1. The fourth-order valence-electron chi connectivity index (χ4n) is 3.58. The maximum Gasteiger partial charge on any atom is 0.256 e. The van der Waals surface area contributed by atoms with E-state index in [1.807, 2.05) is 25.1 Å². The number of fused-ring (bicyclic) bond motifs is 1. The van der Waals surface area contributed by atoms with Crippen molar-refractivity contribution in [1.82, 2.24) is 9.88 Å². The Balaban J connectivity index is 1.67. The third-order valence-electron chi connectivity index (χ3n) is 4.98. The molecule has 4 rings (SSSR count). The summed E-state index contributed by atoms with van der Waals surface area (Å²) in [5, 5.41) is 1.78. The molecule has 1 saturated heterocycles. The van der Waals surface area contributed by atoms with Crippen LogP contribution in [0.15, 0.2) is 53.3 Å². The van der Waals surface area contributed by atoms with Gasteiger partial charge in [-0.1, -0.05) is 36.4 Å². The van der Waals surface area contributed by atoms with Gasteiger partial charge in [0.05, 0.1) is 0 Å². The van der Waals surface area contributed by atoms with E-state index in [0.717, 1.165) is 34.1 Å². The van der Waals surface area contributed by atoms with Gasteiger partial charge in [-0.3, -0.25) is 9.69 Å². The summed E-state index contributed by atoms with van der Waals surface area (Å²) < 4.78 is 0. The van der Waals surface area contributed by atoms with Crippen molar-refractivity contribution in [3.05, 3.63) is 70.0 Å². The number of hydrogen-bond donors (Lipinski definition) is 1. The molecule has 122 valence electrons. The average molecular weight is 318 g/mol. The van der Waals surface area contributed by atoms with E-state index in [4.69, 9.17) is 0 Å². The zero-order valence-corrected chi connectivity index (χ0v) is 14.0. The maximum atomic E-state index is 12.4. The molecule has 2 aromatic carbocycles. The van der Waals surface area contributed by atoms with Gasteiger partial charge in [-0.05, 0) is 67.1 Å². The van der Waals surface area contributed by atoms with E-state index in [-0.39, 0.29) is 5.56 Å². The third-order valence-corrected chi connectivity index (χ3v) is 4.98. The number of likely N-dealkylation sites (tertiary alicyclic amines) is 1. The van der Waals surface area contributed by atoms with Crippen LogP contribution in [0.4, 0.5) is 0 Å². The molecule has 0 amide bonds. The molecule has 0 spiro atoms. The molecule has 3 aromatic rings. The minimum atomic E-state index is -0.0210. The molecule has 1 aliphatic rings. The van der Waals surface area contributed by atoms with Crippen molar-refractivity contribution in [2.75, 3.05) is 13.1 Å². The third kappa shape index (κ3) is 2.87. The van der Waals surface area contributed by atoms with Crippen LogP contribution in [0.1, 0.15) is 24.0 Å². The van der Waals surface area contributed by atoms with Gasteiger partial charge in [-0.2, -0.15) is 0 Å². The van der Waals surface area contributed by atoms with Crippen molar-refractivity contribution in [2.45, 2.75) is 26.3 Å². The van der Waals surface area contributed by atoms with Crippen molar-refractivity contribution in [3.63, 3.8) is 0 Å². The molecule has 1 aliphatic heterocycles. The van der Waals surface area contributed by atoms with E-state index in [1.54, 1.807) is 0 Å². The van der Waals surface area contributed by atoms with Gasteiger partial charge >= 0.3 is 0 Å². The minimum absolute atomic E-state index is 0.0210. The lowest BCUT2D eigenvalue weighted by Gasteiger charge is -2.14. The van der Waals surface area contributed by atoms with Crippen molar-refractivity contribution in [3.8, 4) is 11.3 Å². The molecule has 1 aromatic heterocycles. The minimum Gasteiger partial charge on any atom is -0.321 e. The lowest BCUT2D eigenvalue weighted by Crippen LogP contribution is -2.18. The van der Waals surface area contributed by atoms with Gasteiger partial charge < -0.3 is 4.98 Å². The summed E-state index contributed by atoms with van der Waals surface area (Å²) in [6.07, 6.45) is 2.63. The average Bonchev–Trinajstić information content (AvgIpc) is 3.09. The van der Waals surface area contributed by atoms with E-state index < -0.39 is 0 Å². The van der Waals surface area contributed by atoms with Crippen LogP contribution in [0.2, 0.25) is 0 Å². The largest absolute Gasteiger partial charge is 0.321 e. The highest BCUT2D eigenvalue weighted by Crippen LogP contribution is 2.23. The zero-order valence-electron chi connectivity index (χ0n) is 14.0. The molecular formula is C21H22N2O. The van der Waals surface area contributed by atoms with Gasteiger partial charge in [0.15, 0.2) is 0 Å². The molecule has 3 heteroatoms. The van der Waals surface area contributed by atoms with Crippen LogP contribution >= 0.6 is 0 Å². The summed E-state index contributed by atoms with van der Waals surface area (Å²) in [6, 6.07) is 16.5. The molecular weight excluding hydrogens is 296 g/mol. The van der Waals surface area contributed by atoms with Gasteiger partial charge in [0.1, 0.15) is 0 Å². The number of aromatic nitrogens is 1. The summed E-state index contributed by atoms with van der Waals surface area (Å²) >= 11 is 0. The highest BCUT2D eigenvalue weighted by molar-refractivity contribution is 5.87. The summed E-state index contributed by atoms with van der Waals surface area (Å²) in [7, 11) is 0. The SMILES string of the molecule is Cc1cccc2c(=O)[nH]c(-c3ccc(CN4CCCC4)cc3)cc12. The quantitative estimate of drug-likeness (QED) is 0.789.